The van der Waals surface area contributed by atoms with E-state index in [1.165, 1.54) is 6.20 Å². The summed E-state index contributed by atoms with van der Waals surface area (Å²) in [5.74, 6) is 0. The van der Waals surface area contributed by atoms with Gasteiger partial charge < -0.3 is 45.2 Å². The van der Waals surface area contributed by atoms with E-state index in [1.807, 2.05) is 0 Å². The van der Waals surface area contributed by atoms with Gasteiger partial charge in [-0.3, -0.25) is 4.98 Å². The van der Waals surface area contributed by atoms with Crippen molar-refractivity contribution in [1.29, 1.82) is 0 Å². The Labute approximate surface area is 165 Å². The zero-order valence-corrected chi connectivity index (χ0v) is 15.3. The fourth-order valence-corrected chi connectivity index (χ4v) is 3.10. The minimum atomic E-state index is -1.74. The molecule has 8 atom stereocenters. The number of ether oxygens (including phenoxy) is 2. The molecule has 1 unspecified atom stereocenters. The lowest BCUT2D eigenvalue weighted by Gasteiger charge is -2.41. The van der Waals surface area contributed by atoms with Crippen LogP contribution in [0, 0.1) is 0 Å². The van der Waals surface area contributed by atoms with E-state index in [0.29, 0.717) is 11.0 Å². The Hall–Kier alpha value is -1.80. The summed E-state index contributed by atoms with van der Waals surface area (Å²) in [4.78, 5) is 8.43. The predicted molar refractivity (Wildman–Crippen MR) is 96.2 cm³/mol. The van der Waals surface area contributed by atoms with E-state index in [1.54, 1.807) is 24.3 Å². The number of aromatic nitrogens is 2. The molecule has 0 spiro atoms. The van der Waals surface area contributed by atoms with Gasteiger partial charge >= 0.3 is 0 Å². The monoisotopic (exact) mass is 412 g/mol. The molecular formula is C18H24N2O9. The molecule has 1 aromatic carbocycles. The van der Waals surface area contributed by atoms with Gasteiger partial charge in [-0.05, 0) is 12.1 Å². The molecule has 1 saturated heterocycles. The summed E-state index contributed by atoms with van der Waals surface area (Å²) in [5.41, 5.74) is 1.09. The lowest BCUT2D eigenvalue weighted by molar-refractivity contribution is -0.325. The van der Waals surface area contributed by atoms with Crippen molar-refractivity contribution in [3.8, 4) is 0 Å². The van der Waals surface area contributed by atoms with Crippen LogP contribution < -0.4 is 0 Å². The molecule has 1 fully saturated rings. The first kappa shape index (κ1) is 21.9. The number of hydrogen-bond acceptors (Lipinski definition) is 11. The Bertz CT molecular complexity index is 808. The quantitative estimate of drug-likeness (QED) is 0.249. The average molecular weight is 412 g/mol. The normalized spacial score (nSPS) is 30.8. The minimum Gasteiger partial charge on any atom is -0.394 e. The zero-order valence-electron chi connectivity index (χ0n) is 15.3. The Morgan fingerprint density at radius 2 is 1.69 bits per heavy atom. The van der Waals surface area contributed by atoms with E-state index in [0.717, 1.165) is 0 Å². The van der Waals surface area contributed by atoms with Crippen LogP contribution >= 0.6 is 0 Å². The molecule has 7 N–H and O–H groups in total. The van der Waals surface area contributed by atoms with Crippen LogP contribution in [-0.4, -0.2) is 102 Å². The highest BCUT2D eigenvalue weighted by molar-refractivity contribution is 5.73. The van der Waals surface area contributed by atoms with Crippen LogP contribution in [0.2, 0.25) is 0 Å². The standard InChI is InChI=1S/C18H24N2O9/c21-6-11(23)17(29-18-16(27)15(26)14(25)12(7-22)28-18)13(24)10-5-19-8-3-1-2-4-9(8)20-10/h1-5,11-18,21-27H,6-7H2/t11-,12-,13-,14-,15+,16-,17?,18-/m1/s1. The molecule has 0 amide bonds. The summed E-state index contributed by atoms with van der Waals surface area (Å²) in [6, 6.07) is 6.91. The fourth-order valence-electron chi connectivity index (χ4n) is 3.10. The number of aliphatic hydroxyl groups is 7. The van der Waals surface area contributed by atoms with Crippen molar-refractivity contribution in [2.45, 2.75) is 49.0 Å². The largest absolute Gasteiger partial charge is 0.394 e. The smallest absolute Gasteiger partial charge is 0.187 e. The fraction of sp³-hybridized carbons (Fsp3) is 0.556. The molecule has 0 saturated carbocycles. The Morgan fingerprint density at radius 3 is 2.34 bits per heavy atom. The van der Waals surface area contributed by atoms with Crippen LogP contribution in [0.15, 0.2) is 30.5 Å². The van der Waals surface area contributed by atoms with Gasteiger partial charge in [0.15, 0.2) is 6.29 Å². The summed E-state index contributed by atoms with van der Waals surface area (Å²) in [7, 11) is 0. The number of benzene rings is 1. The van der Waals surface area contributed by atoms with Crippen molar-refractivity contribution in [3.05, 3.63) is 36.2 Å². The molecule has 1 aromatic heterocycles. The first-order valence-electron chi connectivity index (χ1n) is 9.02. The van der Waals surface area contributed by atoms with Gasteiger partial charge in [0.25, 0.3) is 0 Å². The second kappa shape index (κ2) is 9.34. The molecule has 0 bridgehead atoms. The topological polar surface area (TPSA) is 186 Å². The first-order valence-corrected chi connectivity index (χ1v) is 9.02. The zero-order chi connectivity index (χ0) is 21.1. The first-order chi connectivity index (χ1) is 13.9. The molecular weight excluding hydrogens is 388 g/mol. The van der Waals surface area contributed by atoms with Crippen molar-refractivity contribution in [3.63, 3.8) is 0 Å². The number of fused-ring (bicyclic) bond motifs is 1. The van der Waals surface area contributed by atoms with Gasteiger partial charge in [0, 0.05) is 0 Å². The molecule has 29 heavy (non-hydrogen) atoms. The van der Waals surface area contributed by atoms with E-state index in [4.69, 9.17) is 9.47 Å². The van der Waals surface area contributed by atoms with E-state index in [2.05, 4.69) is 9.97 Å². The number of rotatable bonds is 7. The van der Waals surface area contributed by atoms with Gasteiger partial charge in [-0.15, -0.1) is 0 Å². The maximum atomic E-state index is 10.7. The van der Waals surface area contributed by atoms with E-state index >= 15 is 0 Å². The second-order valence-corrected chi connectivity index (χ2v) is 6.78. The summed E-state index contributed by atoms with van der Waals surface area (Å²) < 4.78 is 10.7. The highest BCUT2D eigenvalue weighted by Gasteiger charge is 2.46. The van der Waals surface area contributed by atoms with Crippen LogP contribution in [0.4, 0.5) is 0 Å². The molecule has 0 radical (unpaired) electrons. The van der Waals surface area contributed by atoms with Crippen LogP contribution in [0.1, 0.15) is 11.8 Å². The van der Waals surface area contributed by atoms with Gasteiger partial charge in [-0.25, -0.2) is 4.98 Å². The summed E-state index contributed by atoms with van der Waals surface area (Å²) >= 11 is 0. The van der Waals surface area contributed by atoms with Crippen LogP contribution in [-0.2, 0) is 9.47 Å². The van der Waals surface area contributed by atoms with Crippen LogP contribution in [0.5, 0.6) is 0 Å². The van der Waals surface area contributed by atoms with Crippen LogP contribution in [0.3, 0.4) is 0 Å². The number of aliphatic hydroxyl groups excluding tert-OH is 7. The number of hydrogen-bond donors (Lipinski definition) is 7. The van der Waals surface area contributed by atoms with Gasteiger partial charge in [0.2, 0.25) is 0 Å². The molecule has 3 rings (SSSR count). The predicted octanol–water partition coefficient (Wildman–Crippen LogP) is -2.80. The van der Waals surface area contributed by atoms with Crippen molar-refractivity contribution in [2.24, 2.45) is 0 Å². The Kier molecular flexibility index (Phi) is 7.05. The summed E-state index contributed by atoms with van der Waals surface area (Å²) in [6.45, 7) is -1.46. The van der Waals surface area contributed by atoms with Crippen molar-refractivity contribution in [2.75, 3.05) is 13.2 Å². The average Bonchev–Trinajstić information content (AvgIpc) is 2.75. The van der Waals surface area contributed by atoms with E-state index in [-0.39, 0.29) is 5.69 Å². The molecule has 11 heteroatoms. The second-order valence-electron chi connectivity index (χ2n) is 6.78. The molecule has 11 nitrogen and oxygen atoms in total. The van der Waals surface area contributed by atoms with E-state index < -0.39 is 62.2 Å². The van der Waals surface area contributed by atoms with Gasteiger partial charge in [-0.2, -0.15) is 0 Å². The maximum absolute atomic E-state index is 10.7. The minimum absolute atomic E-state index is 0.0331. The van der Waals surface area contributed by atoms with E-state index in [9.17, 15) is 35.7 Å². The third-order valence-corrected chi connectivity index (χ3v) is 4.79. The number of nitrogens with zero attached hydrogens (tertiary/aromatic N) is 2. The SMILES string of the molecule is OC[C@@H](O)C(O[C@H]1O[C@H](CO)[C@@H](O)[C@H](O)[C@H]1O)[C@H](O)c1cnc2ccccc2n1. The highest BCUT2D eigenvalue weighted by atomic mass is 16.7. The van der Waals surface area contributed by atoms with Crippen LogP contribution in [0.25, 0.3) is 11.0 Å². The van der Waals surface area contributed by atoms with Gasteiger partial charge in [0.05, 0.1) is 36.1 Å². The maximum Gasteiger partial charge on any atom is 0.187 e. The third-order valence-electron chi connectivity index (χ3n) is 4.79. The Balaban J connectivity index is 1.85. The highest BCUT2D eigenvalue weighted by Crippen LogP contribution is 2.28. The molecule has 160 valence electrons. The molecule has 1 aliphatic heterocycles. The Morgan fingerprint density at radius 1 is 1.00 bits per heavy atom. The van der Waals surface area contributed by atoms with Crippen molar-refractivity contribution in [1.82, 2.24) is 9.97 Å². The lowest BCUT2D eigenvalue weighted by atomic mass is 9.99. The molecule has 2 heterocycles. The number of para-hydroxylation sites is 2. The molecule has 0 aliphatic carbocycles. The lowest BCUT2D eigenvalue weighted by Crippen LogP contribution is -2.60. The third kappa shape index (κ3) is 4.53. The van der Waals surface area contributed by atoms with Gasteiger partial charge in [0.1, 0.15) is 42.7 Å². The van der Waals surface area contributed by atoms with Crippen molar-refractivity contribution >= 4 is 11.0 Å². The molecule has 2 aromatic rings. The molecule has 1 aliphatic rings. The van der Waals surface area contributed by atoms with Crippen molar-refractivity contribution < 1.29 is 45.2 Å². The summed E-state index contributed by atoms with van der Waals surface area (Å²) in [5, 5.41) is 69.3. The van der Waals surface area contributed by atoms with Gasteiger partial charge in [-0.1, -0.05) is 12.1 Å². The summed E-state index contributed by atoms with van der Waals surface area (Å²) in [6.07, 6.45) is -11.3.